The lowest BCUT2D eigenvalue weighted by Gasteiger charge is -2.17. The van der Waals surface area contributed by atoms with Crippen molar-refractivity contribution in [2.75, 3.05) is 5.32 Å². The predicted molar refractivity (Wildman–Crippen MR) is 90.3 cm³/mol. The lowest BCUT2D eigenvalue weighted by atomic mass is 10.1. The van der Waals surface area contributed by atoms with Crippen molar-refractivity contribution in [1.82, 2.24) is 20.3 Å². The van der Waals surface area contributed by atoms with Gasteiger partial charge in [-0.2, -0.15) is 0 Å². The first-order valence-electron chi connectivity index (χ1n) is 7.52. The van der Waals surface area contributed by atoms with Gasteiger partial charge in [-0.25, -0.2) is 4.98 Å². The van der Waals surface area contributed by atoms with Gasteiger partial charge in [-0.3, -0.25) is 14.6 Å². The summed E-state index contributed by atoms with van der Waals surface area (Å²) in [5, 5.41) is 6.45. The summed E-state index contributed by atoms with van der Waals surface area (Å²) in [5.41, 5.74) is 2.08. The molecule has 2 heterocycles. The van der Waals surface area contributed by atoms with Gasteiger partial charge in [-0.05, 0) is 12.1 Å². The van der Waals surface area contributed by atoms with Gasteiger partial charge >= 0.3 is 0 Å². The van der Waals surface area contributed by atoms with E-state index in [9.17, 15) is 9.59 Å². The number of pyridine rings is 1. The fourth-order valence-corrected chi connectivity index (χ4v) is 2.50. The fraction of sp³-hybridized carbons (Fsp3) is 0.176. The van der Waals surface area contributed by atoms with E-state index in [0.717, 1.165) is 11.1 Å². The molecule has 0 fully saturated rings. The van der Waals surface area contributed by atoms with Crippen LogP contribution in [0.25, 0.3) is 10.9 Å². The Bertz CT molecular complexity index is 855. The summed E-state index contributed by atoms with van der Waals surface area (Å²) in [5.74, 6) is -0.580. The van der Waals surface area contributed by atoms with Crippen molar-refractivity contribution in [1.29, 1.82) is 0 Å². The monoisotopic (exact) mass is 323 g/mol. The van der Waals surface area contributed by atoms with Crippen LogP contribution < -0.4 is 10.6 Å². The molecular formula is C17H17N5O2. The maximum Gasteiger partial charge on any atom is 0.247 e. The highest BCUT2D eigenvalue weighted by Crippen LogP contribution is 2.20. The van der Waals surface area contributed by atoms with Gasteiger partial charge in [0.15, 0.2) is 0 Å². The number of aromatic amines is 1. The zero-order valence-corrected chi connectivity index (χ0v) is 13.1. The average molecular weight is 323 g/mol. The van der Waals surface area contributed by atoms with Crippen molar-refractivity contribution in [3.05, 3.63) is 54.7 Å². The summed E-state index contributed by atoms with van der Waals surface area (Å²) in [4.78, 5) is 35.2. The van der Waals surface area contributed by atoms with Gasteiger partial charge in [-0.1, -0.05) is 18.2 Å². The quantitative estimate of drug-likeness (QED) is 0.664. The van der Waals surface area contributed by atoms with Gasteiger partial charge in [0.1, 0.15) is 6.04 Å². The molecule has 7 nitrogen and oxygen atoms in total. The Morgan fingerprint density at radius 1 is 1.25 bits per heavy atom. The Morgan fingerprint density at radius 3 is 2.83 bits per heavy atom. The van der Waals surface area contributed by atoms with Crippen molar-refractivity contribution in [2.24, 2.45) is 0 Å². The van der Waals surface area contributed by atoms with Gasteiger partial charge in [-0.15, -0.1) is 0 Å². The molecule has 1 aromatic carbocycles. The van der Waals surface area contributed by atoms with Crippen LogP contribution in [0.3, 0.4) is 0 Å². The summed E-state index contributed by atoms with van der Waals surface area (Å²) in [6.45, 7) is 1.38. The zero-order valence-electron chi connectivity index (χ0n) is 13.1. The van der Waals surface area contributed by atoms with Crippen LogP contribution in [0.1, 0.15) is 12.6 Å². The number of rotatable bonds is 5. The molecule has 0 unspecified atom stereocenters. The number of hydrogen-bond donors (Lipinski definition) is 3. The number of amides is 2. The summed E-state index contributed by atoms with van der Waals surface area (Å²) < 4.78 is 0. The van der Waals surface area contributed by atoms with E-state index in [1.54, 1.807) is 18.5 Å². The van der Waals surface area contributed by atoms with Gasteiger partial charge in [0.25, 0.3) is 0 Å². The van der Waals surface area contributed by atoms with E-state index >= 15 is 0 Å². The number of hydrogen-bond acceptors (Lipinski definition) is 4. The first kappa shape index (κ1) is 15.7. The van der Waals surface area contributed by atoms with E-state index in [4.69, 9.17) is 0 Å². The molecule has 0 aliphatic heterocycles. The number of carbonyl (C=O) groups excluding carboxylic acids is 2. The molecule has 3 N–H and O–H groups in total. The molecule has 0 radical (unpaired) electrons. The Morgan fingerprint density at radius 2 is 2.08 bits per heavy atom. The smallest absolute Gasteiger partial charge is 0.247 e. The lowest BCUT2D eigenvalue weighted by Crippen LogP contribution is -2.44. The minimum Gasteiger partial charge on any atom is -0.348 e. The van der Waals surface area contributed by atoms with E-state index in [2.05, 4.69) is 25.6 Å². The highest BCUT2D eigenvalue weighted by atomic mass is 16.2. The van der Waals surface area contributed by atoms with E-state index < -0.39 is 6.04 Å². The number of fused-ring (bicyclic) bond motifs is 1. The summed E-state index contributed by atoms with van der Waals surface area (Å²) in [6.07, 6.45) is 5.16. The molecule has 0 saturated carbocycles. The molecule has 0 spiro atoms. The first-order chi connectivity index (χ1) is 11.6. The normalized spacial score (nSPS) is 11.9. The molecule has 3 rings (SSSR count). The molecule has 24 heavy (non-hydrogen) atoms. The topological polar surface area (TPSA) is 99.8 Å². The highest BCUT2D eigenvalue weighted by Gasteiger charge is 2.21. The number of carbonyl (C=O) groups is 2. The second kappa shape index (κ2) is 6.91. The molecule has 0 aliphatic carbocycles. The Labute approximate surface area is 138 Å². The lowest BCUT2D eigenvalue weighted by molar-refractivity contribution is -0.125. The van der Waals surface area contributed by atoms with Gasteiger partial charge in [0.2, 0.25) is 11.8 Å². The zero-order chi connectivity index (χ0) is 16.9. The molecule has 122 valence electrons. The van der Waals surface area contributed by atoms with Crippen LogP contribution in [0.4, 0.5) is 5.69 Å². The SMILES string of the molecule is CC(=O)N[C@@H](Cc1cnc[nH]1)C(=O)Nc1cccc2cccnc12. The number of nitrogens with zero attached hydrogens (tertiary/aromatic N) is 2. The minimum absolute atomic E-state index is 0.272. The Hall–Kier alpha value is -3.22. The average Bonchev–Trinajstić information content (AvgIpc) is 3.07. The van der Waals surface area contributed by atoms with Crippen LogP contribution in [0.2, 0.25) is 0 Å². The second-order valence-electron chi connectivity index (χ2n) is 5.40. The number of H-pyrrole nitrogens is 1. The summed E-state index contributed by atoms with van der Waals surface area (Å²) in [6, 6.07) is 8.62. The molecule has 3 aromatic rings. The molecule has 2 aromatic heterocycles. The van der Waals surface area contributed by atoms with Crippen molar-refractivity contribution in [2.45, 2.75) is 19.4 Å². The van der Waals surface area contributed by atoms with Crippen LogP contribution in [-0.4, -0.2) is 32.8 Å². The molecule has 0 saturated heterocycles. The third-order valence-corrected chi connectivity index (χ3v) is 3.56. The van der Waals surface area contributed by atoms with E-state index in [0.29, 0.717) is 17.6 Å². The third kappa shape index (κ3) is 3.57. The molecule has 0 aliphatic rings. The van der Waals surface area contributed by atoms with E-state index in [1.807, 2.05) is 24.3 Å². The van der Waals surface area contributed by atoms with Crippen molar-refractivity contribution >= 4 is 28.4 Å². The van der Waals surface area contributed by atoms with Gasteiger partial charge in [0.05, 0.1) is 17.5 Å². The number of benzene rings is 1. The molecular weight excluding hydrogens is 306 g/mol. The van der Waals surface area contributed by atoms with Gasteiger partial charge in [0, 0.05) is 36.8 Å². The van der Waals surface area contributed by atoms with E-state index in [1.165, 1.54) is 13.3 Å². The maximum absolute atomic E-state index is 12.6. The van der Waals surface area contributed by atoms with E-state index in [-0.39, 0.29) is 11.8 Å². The number of para-hydroxylation sites is 1. The second-order valence-corrected chi connectivity index (χ2v) is 5.40. The predicted octanol–water partition coefficient (Wildman–Crippen LogP) is 1.64. The number of imidazole rings is 1. The minimum atomic E-state index is -0.707. The molecule has 1 atom stereocenters. The highest BCUT2D eigenvalue weighted by molar-refractivity contribution is 6.03. The van der Waals surface area contributed by atoms with Crippen molar-refractivity contribution < 1.29 is 9.59 Å². The maximum atomic E-state index is 12.6. The molecule has 0 bridgehead atoms. The van der Waals surface area contributed by atoms with Crippen LogP contribution in [0, 0.1) is 0 Å². The fourth-order valence-electron chi connectivity index (χ4n) is 2.50. The van der Waals surface area contributed by atoms with Gasteiger partial charge < -0.3 is 15.6 Å². The number of anilines is 1. The van der Waals surface area contributed by atoms with Crippen molar-refractivity contribution in [3.8, 4) is 0 Å². The van der Waals surface area contributed by atoms with Crippen LogP contribution in [0.5, 0.6) is 0 Å². The van der Waals surface area contributed by atoms with Crippen LogP contribution >= 0.6 is 0 Å². The summed E-state index contributed by atoms with van der Waals surface area (Å²) >= 11 is 0. The summed E-state index contributed by atoms with van der Waals surface area (Å²) in [7, 11) is 0. The number of nitrogens with one attached hydrogen (secondary N) is 3. The molecule has 2 amide bonds. The third-order valence-electron chi connectivity index (χ3n) is 3.56. The van der Waals surface area contributed by atoms with Crippen molar-refractivity contribution in [3.63, 3.8) is 0 Å². The number of aromatic nitrogens is 3. The Kier molecular flexibility index (Phi) is 4.51. The molecule has 7 heteroatoms. The largest absolute Gasteiger partial charge is 0.348 e. The van der Waals surface area contributed by atoms with Crippen LogP contribution in [0.15, 0.2) is 49.1 Å². The first-order valence-corrected chi connectivity index (χ1v) is 7.52. The standard InChI is InChI=1S/C17H17N5O2/c1-11(23)21-15(8-13-9-18-10-20-13)17(24)22-14-6-2-4-12-5-3-7-19-16(12)14/h2-7,9-10,15H,8H2,1H3,(H,18,20)(H,21,23)(H,22,24)/t15-/m0/s1. The van der Waals surface area contributed by atoms with Crippen LogP contribution in [-0.2, 0) is 16.0 Å². The Balaban J connectivity index is 1.82.